The first-order chi connectivity index (χ1) is 6.60. The Morgan fingerprint density at radius 3 is 2.64 bits per heavy atom. The van der Waals surface area contributed by atoms with Gasteiger partial charge >= 0.3 is 0 Å². The number of aromatic nitrogens is 1. The van der Waals surface area contributed by atoms with Crippen molar-refractivity contribution in [1.82, 2.24) is 4.98 Å². The number of methoxy groups -OCH3 is 1. The van der Waals surface area contributed by atoms with Gasteiger partial charge in [0.25, 0.3) is 6.43 Å². The lowest BCUT2D eigenvalue weighted by atomic mass is 10.2. The average Bonchev–Trinajstić information content (AvgIpc) is 2.15. The molecule has 0 atom stereocenters. The number of hydrogen-bond donors (Lipinski definition) is 0. The third-order valence-corrected chi connectivity index (χ3v) is 1.53. The Morgan fingerprint density at radius 2 is 2.21 bits per heavy atom. The molecule has 1 aromatic rings. The number of alkyl halides is 2. The van der Waals surface area contributed by atoms with Crippen molar-refractivity contribution < 1.29 is 17.9 Å². The molecule has 0 saturated heterocycles. The predicted molar refractivity (Wildman–Crippen MR) is 40.4 cm³/mol. The summed E-state index contributed by atoms with van der Waals surface area (Å²) in [6.45, 7) is 0. The van der Waals surface area contributed by atoms with E-state index in [0.29, 0.717) is 6.07 Å². The molecule has 14 heavy (non-hydrogen) atoms. The molecule has 0 N–H and O–H groups in total. The van der Waals surface area contributed by atoms with Crippen molar-refractivity contribution in [1.29, 1.82) is 5.26 Å². The summed E-state index contributed by atoms with van der Waals surface area (Å²) >= 11 is 0. The van der Waals surface area contributed by atoms with Gasteiger partial charge in [-0.2, -0.15) is 9.65 Å². The van der Waals surface area contributed by atoms with Crippen LogP contribution in [0.5, 0.6) is 5.75 Å². The molecule has 74 valence electrons. The molecule has 0 radical (unpaired) electrons. The van der Waals surface area contributed by atoms with Crippen molar-refractivity contribution in [3.63, 3.8) is 0 Å². The average molecular weight is 202 g/mol. The van der Waals surface area contributed by atoms with Crippen LogP contribution in [0.2, 0.25) is 0 Å². The van der Waals surface area contributed by atoms with E-state index >= 15 is 0 Å². The minimum Gasteiger partial charge on any atom is -0.496 e. The maximum atomic E-state index is 12.7. The van der Waals surface area contributed by atoms with Crippen molar-refractivity contribution in [3.8, 4) is 11.8 Å². The van der Waals surface area contributed by atoms with Gasteiger partial charge in [-0.3, -0.25) is 0 Å². The molecule has 0 aliphatic carbocycles. The fourth-order valence-corrected chi connectivity index (χ4v) is 0.967. The highest BCUT2D eigenvalue weighted by molar-refractivity contribution is 5.42. The van der Waals surface area contributed by atoms with Crippen LogP contribution in [0.1, 0.15) is 17.7 Å². The van der Waals surface area contributed by atoms with Crippen LogP contribution in [0, 0.1) is 17.3 Å². The van der Waals surface area contributed by atoms with Gasteiger partial charge in [0.15, 0.2) is 5.69 Å². The molecule has 1 heterocycles. The van der Waals surface area contributed by atoms with Crippen molar-refractivity contribution >= 4 is 0 Å². The Hall–Kier alpha value is -1.77. The summed E-state index contributed by atoms with van der Waals surface area (Å²) in [5.74, 6) is -1.40. The van der Waals surface area contributed by atoms with E-state index in [1.807, 2.05) is 0 Å². The summed E-state index contributed by atoms with van der Waals surface area (Å²) in [6, 6.07) is 2.09. The number of hydrogen-bond acceptors (Lipinski definition) is 3. The smallest absolute Gasteiger partial charge is 0.270 e. The molecule has 0 amide bonds. The quantitative estimate of drug-likeness (QED) is 0.689. The SMILES string of the molecule is COc1cc(F)nc(C#N)c1C(F)F. The molecular formula is C8H5F3N2O. The van der Waals surface area contributed by atoms with E-state index in [0.717, 1.165) is 7.11 Å². The Morgan fingerprint density at radius 1 is 1.57 bits per heavy atom. The minimum absolute atomic E-state index is 0.371. The second-order valence-electron chi connectivity index (χ2n) is 2.32. The van der Waals surface area contributed by atoms with Gasteiger partial charge in [-0.05, 0) is 0 Å². The largest absolute Gasteiger partial charge is 0.496 e. The molecule has 0 fully saturated rings. The number of rotatable bonds is 2. The second kappa shape index (κ2) is 3.96. The van der Waals surface area contributed by atoms with Gasteiger partial charge in [0.05, 0.1) is 12.7 Å². The van der Waals surface area contributed by atoms with Crippen LogP contribution >= 0.6 is 0 Å². The molecule has 0 aliphatic heterocycles. The molecule has 1 rings (SSSR count). The van der Waals surface area contributed by atoms with E-state index in [1.165, 1.54) is 6.07 Å². The number of nitrogens with zero attached hydrogens (tertiary/aromatic N) is 2. The van der Waals surface area contributed by atoms with Gasteiger partial charge in [-0.15, -0.1) is 0 Å². The molecule has 0 spiro atoms. The molecule has 1 aromatic heterocycles. The molecule has 0 bridgehead atoms. The van der Waals surface area contributed by atoms with Crippen molar-refractivity contribution in [3.05, 3.63) is 23.3 Å². The van der Waals surface area contributed by atoms with Gasteiger partial charge < -0.3 is 4.74 Å². The molecule has 0 unspecified atom stereocenters. The maximum Gasteiger partial charge on any atom is 0.270 e. The normalized spacial score (nSPS) is 10.0. The van der Waals surface area contributed by atoms with E-state index in [4.69, 9.17) is 5.26 Å². The van der Waals surface area contributed by atoms with Crippen LogP contribution in [0.3, 0.4) is 0 Å². The highest BCUT2D eigenvalue weighted by Crippen LogP contribution is 2.31. The fourth-order valence-electron chi connectivity index (χ4n) is 0.967. The zero-order valence-electron chi connectivity index (χ0n) is 7.09. The summed E-state index contributed by atoms with van der Waals surface area (Å²) in [7, 11) is 1.11. The zero-order valence-corrected chi connectivity index (χ0v) is 7.09. The molecule has 3 nitrogen and oxygen atoms in total. The first kappa shape index (κ1) is 10.3. The summed E-state index contributed by atoms with van der Waals surface area (Å²) in [6.07, 6.45) is -2.92. The van der Waals surface area contributed by atoms with Crippen LogP contribution in [0.25, 0.3) is 0 Å². The standard InChI is InChI=1S/C8H5F3N2O/c1-14-5-2-6(9)13-4(3-12)7(5)8(10)11/h2,8H,1H3. The predicted octanol–water partition coefficient (Wildman–Crippen LogP) is 2.04. The van der Waals surface area contributed by atoms with E-state index < -0.39 is 23.6 Å². The number of halogens is 3. The van der Waals surface area contributed by atoms with Gasteiger partial charge in [-0.1, -0.05) is 0 Å². The summed E-state index contributed by atoms with van der Waals surface area (Å²) in [5.41, 5.74) is -1.34. The lowest BCUT2D eigenvalue weighted by Crippen LogP contribution is -2.01. The fraction of sp³-hybridized carbons (Fsp3) is 0.250. The molecular weight excluding hydrogens is 197 g/mol. The van der Waals surface area contributed by atoms with Crippen LogP contribution in [0.4, 0.5) is 13.2 Å². The third kappa shape index (κ3) is 1.76. The lowest BCUT2D eigenvalue weighted by Gasteiger charge is -2.08. The summed E-state index contributed by atoms with van der Waals surface area (Å²) in [5, 5.41) is 8.44. The Bertz CT molecular complexity index is 387. The Balaban J connectivity index is 3.42. The van der Waals surface area contributed by atoms with Gasteiger partial charge in [-0.25, -0.2) is 13.8 Å². The molecule has 0 aromatic carbocycles. The van der Waals surface area contributed by atoms with Crippen molar-refractivity contribution in [2.24, 2.45) is 0 Å². The van der Waals surface area contributed by atoms with Gasteiger partial charge in [0.1, 0.15) is 11.8 Å². The summed E-state index contributed by atoms with van der Waals surface area (Å²) < 4.78 is 42.0. The van der Waals surface area contributed by atoms with Crippen molar-refractivity contribution in [2.75, 3.05) is 7.11 Å². The minimum atomic E-state index is -2.92. The highest BCUT2D eigenvalue weighted by atomic mass is 19.3. The molecule has 6 heteroatoms. The zero-order chi connectivity index (χ0) is 10.7. The summed E-state index contributed by atoms with van der Waals surface area (Å²) in [4.78, 5) is 3.03. The van der Waals surface area contributed by atoms with Crippen LogP contribution in [0.15, 0.2) is 6.07 Å². The number of nitriles is 1. The van der Waals surface area contributed by atoms with E-state index in [-0.39, 0.29) is 5.75 Å². The van der Waals surface area contributed by atoms with Gasteiger partial charge in [0.2, 0.25) is 5.95 Å². The van der Waals surface area contributed by atoms with E-state index in [1.54, 1.807) is 0 Å². The maximum absolute atomic E-state index is 12.7. The van der Waals surface area contributed by atoms with Crippen molar-refractivity contribution in [2.45, 2.75) is 6.43 Å². The molecule has 0 saturated carbocycles. The van der Waals surface area contributed by atoms with Crippen LogP contribution < -0.4 is 4.74 Å². The number of pyridine rings is 1. The van der Waals surface area contributed by atoms with E-state index in [2.05, 4.69) is 9.72 Å². The number of ether oxygens (including phenoxy) is 1. The molecule has 0 aliphatic rings. The third-order valence-electron chi connectivity index (χ3n) is 1.53. The lowest BCUT2D eigenvalue weighted by molar-refractivity contribution is 0.146. The highest BCUT2D eigenvalue weighted by Gasteiger charge is 2.21. The van der Waals surface area contributed by atoms with E-state index in [9.17, 15) is 13.2 Å². The topological polar surface area (TPSA) is 45.9 Å². The Kier molecular flexibility index (Phi) is 2.92. The first-order valence-electron chi connectivity index (χ1n) is 3.52. The van der Waals surface area contributed by atoms with Gasteiger partial charge in [0, 0.05) is 6.07 Å². The van der Waals surface area contributed by atoms with Crippen LogP contribution in [-0.4, -0.2) is 12.1 Å². The monoisotopic (exact) mass is 202 g/mol. The second-order valence-corrected chi connectivity index (χ2v) is 2.32. The Labute approximate surface area is 77.7 Å². The van der Waals surface area contributed by atoms with Crippen LogP contribution in [-0.2, 0) is 0 Å². The first-order valence-corrected chi connectivity index (χ1v) is 3.52.